The fourth-order valence-corrected chi connectivity index (χ4v) is 1.66. The van der Waals surface area contributed by atoms with E-state index in [0.717, 1.165) is 0 Å². The zero-order valence-electron chi connectivity index (χ0n) is 12.9. The lowest BCUT2D eigenvalue weighted by atomic mass is 10.1. The minimum atomic E-state index is -0.300. The van der Waals surface area contributed by atoms with Gasteiger partial charge in [0.25, 0.3) is 5.91 Å². The van der Waals surface area contributed by atoms with Crippen LogP contribution in [-0.2, 0) is 4.79 Å². The van der Waals surface area contributed by atoms with E-state index in [4.69, 9.17) is 5.73 Å². The fraction of sp³-hybridized carbons (Fsp3) is 0.467. The quantitative estimate of drug-likeness (QED) is 0.797. The molecule has 6 heteroatoms. The van der Waals surface area contributed by atoms with Crippen LogP contribution in [0.3, 0.4) is 0 Å². The highest BCUT2D eigenvalue weighted by molar-refractivity contribution is 5.97. The van der Waals surface area contributed by atoms with Crippen molar-refractivity contribution in [1.82, 2.24) is 5.32 Å². The molecule has 21 heavy (non-hydrogen) atoms. The molecule has 1 aromatic carbocycles. The number of benzene rings is 1. The lowest BCUT2D eigenvalue weighted by molar-refractivity contribution is -0.116. The average molecular weight is 314 g/mol. The van der Waals surface area contributed by atoms with Crippen LogP contribution < -0.4 is 16.4 Å². The van der Waals surface area contributed by atoms with Gasteiger partial charge in [0.15, 0.2) is 0 Å². The highest BCUT2D eigenvalue weighted by atomic mass is 35.5. The molecule has 0 aliphatic carbocycles. The lowest BCUT2D eigenvalue weighted by Gasteiger charge is -2.20. The first-order valence-electron chi connectivity index (χ1n) is 6.65. The first-order chi connectivity index (χ1) is 9.17. The van der Waals surface area contributed by atoms with Crippen molar-refractivity contribution >= 4 is 29.9 Å². The molecule has 0 fully saturated rings. The average Bonchev–Trinajstić information content (AvgIpc) is 2.25. The number of anilines is 1. The summed E-state index contributed by atoms with van der Waals surface area (Å²) >= 11 is 0. The molecule has 0 aliphatic heterocycles. The summed E-state index contributed by atoms with van der Waals surface area (Å²) in [6.07, 6.45) is 0.248. The van der Waals surface area contributed by atoms with Crippen molar-refractivity contribution in [3.8, 4) is 0 Å². The Morgan fingerprint density at radius 2 is 1.90 bits per heavy atom. The molecule has 118 valence electrons. The third-order valence-corrected chi connectivity index (χ3v) is 2.40. The smallest absolute Gasteiger partial charge is 0.251 e. The summed E-state index contributed by atoms with van der Waals surface area (Å²) < 4.78 is 0. The van der Waals surface area contributed by atoms with Crippen LogP contribution in [0.25, 0.3) is 0 Å². The molecule has 0 bridgehead atoms. The number of carbonyl (C=O) groups is 2. The van der Waals surface area contributed by atoms with Gasteiger partial charge in [0, 0.05) is 29.3 Å². The first kappa shape index (κ1) is 19.4. The summed E-state index contributed by atoms with van der Waals surface area (Å²) in [5.74, 6) is -0.325. The molecule has 1 aromatic rings. The van der Waals surface area contributed by atoms with E-state index in [0.29, 0.717) is 11.3 Å². The number of carbonyl (C=O) groups excluding carboxylic acids is 2. The number of halogens is 1. The molecule has 0 heterocycles. The van der Waals surface area contributed by atoms with Gasteiger partial charge in [0.1, 0.15) is 0 Å². The van der Waals surface area contributed by atoms with E-state index in [-0.39, 0.29) is 42.2 Å². The van der Waals surface area contributed by atoms with E-state index in [2.05, 4.69) is 10.6 Å². The third kappa shape index (κ3) is 7.68. The molecule has 0 radical (unpaired) electrons. The van der Waals surface area contributed by atoms with Gasteiger partial charge in [-0.1, -0.05) is 6.07 Å². The molecular formula is C15H24ClN3O2. The summed E-state index contributed by atoms with van der Waals surface area (Å²) in [6.45, 7) is 7.52. The molecule has 1 rings (SSSR count). The Bertz CT molecular complexity index is 496. The SMILES string of the molecule is CC(N)CC(=O)Nc1cccc(C(=O)NC(C)(C)C)c1.Cl. The van der Waals surface area contributed by atoms with Crippen LogP contribution in [0.4, 0.5) is 5.69 Å². The van der Waals surface area contributed by atoms with Gasteiger partial charge in [-0.2, -0.15) is 0 Å². The van der Waals surface area contributed by atoms with Crippen molar-refractivity contribution in [3.63, 3.8) is 0 Å². The number of nitrogens with two attached hydrogens (primary N) is 1. The highest BCUT2D eigenvalue weighted by Crippen LogP contribution is 2.12. The number of hydrogen-bond acceptors (Lipinski definition) is 3. The van der Waals surface area contributed by atoms with E-state index in [1.165, 1.54) is 0 Å². The normalized spacial score (nSPS) is 12.0. The molecule has 0 spiro atoms. The Hall–Kier alpha value is -1.59. The molecule has 0 saturated carbocycles. The van der Waals surface area contributed by atoms with Crippen molar-refractivity contribution < 1.29 is 9.59 Å². The van der Waals surface area contributed by atoms with Gasteiger partial charge in [-0.05, 0) is 45.9 Å². The Morgan fingerprint density at radius 3 is 2.43 bits per heavy atom. The maximum atomic E-state index is 12.0. The second-order valence-corrected chi connectivity index (χ2v) is 6.01. The first-order valence-corrected chi connectivity index (χ1v) is 6.65. The zero-order chi connectivity index (χ0) is 15.3. The summed E-state index contributed by atoms with van der Waals surface area (Å²) in [5.41, 5.74) is 6.38. The number of nitrogens with one attached hydrogen (secondary N) is 2. The molecule has 0 aromatic heterocycles. The summed E-state index contributed by atoms with van der Waals surface area (Å²) in [5, 5.41) is 5.61. The Balaban J connectivity index is 0.00000400. The monoisotopic (exact) mass is 313 g/mol. The maximum absolute atomic E-state index is 12.0. The molecule has 0 saturated heterocycles. The molecule has 1 atom stereocenters. The minimum Gasteiger partial charge on any atom is -0.347 e. The van der Waals surface area contributed by atoms with Gasteiger partial charge < -0.3 is 16.4 Å². The predicted octanol–water partition coefficient (Wildman–Crippen LogP) is 2.31. The van der Waals surface area contributed by atoms with Crippen LogP contribution in [-0.4, -0.2) is 23.4 Å². The van der Waals surface area contributed by atoms with Crippen LogP contribution in [0, 0.1) is 0 Å². The molecule has 4 N–H and O–H groups in total. The summed E-state index contributed by atoms with van der Waals surface area (Å²) in [7, 11) is 0. The van der Waals surface area contributed by atoms with Crippen LogP contribution in [0.2, 0.25) is 0 Å². The molecular weight excluding hydrogens is 290 g/mol. The maximum Gasteiger partial charge on any atom is 0.251 e. The lowest BCUT2D eigenvalue weighted by Crippen LogP contribution is -2.40. The van der Waals surface area contributed by atoms with Crippen molar-refractivity contribution in [2.24, 2.45) is 5.73 Å². The highest BCUT2D eigenvalue weighted by Gasteiger charge is 2.15. The van der Waals surface area contributed by atoms with E-state index < -0.39 is 0 Å². The van der Waals surface area contributed by atoms with Crippen molar-refractivity contribution in [3.05, 3.63) is 29.8 Å². The second kappa shape index (κ2) is 8.00. The van der Waals surface area contributed by atoms with E-state index in [9.17, 15) is 9.59 Å². The number of rotatable bonds is 4. The van der Waals surface area contributed by atoms with E-state index in [1.807, 2.05) is 20.8 Å². The molecule has 0 aliphatic rings. The Kier molecular flexibility index (Phi) is 7.39. The van der Waals surface area contributed by atoms with Crippen LogP contribution in [0.15, 0.2) is 24.3 Å². The van der Waals surface area contributed by atoms with Crippen molar-refractivity contribution in [2.75, 3.05) is 5.32 Å². The van der Waals surface area contributed by atoms with E-state index >= 15 is 0 Å². The van der Waals surface area contributed by atoms with Crippen LogP contribution >= 0.6 is 12.4 Å². The van der Waals surface area contributed by atoms with E-state index in [1.54, 1.807) is 31.2 Å². The Morgan fingerprint density at radius 1 is 1.29 bits per heavy atom. The topological polar surface area (TPSA) is 84.2 Å². The summed E-state index contributed by atoms with van der Waals surface area (Å²) in [6, 6.07) is 6.65. The second-order valence-electron chi connectivity index (χ2n) is 6.01. The van der Waals surface area contributed by atoms with Gasteiger partial charge in [0.05, 0.1) is 0 Å². The van der Waals surface area contributed by atoms with Gasteiger partial charge in [-0.15, -0.1) is 12.4 Å². The molecule has 2 amide bonds. The van der Waals surface area contributed by atoms with Crippen LogP contribution in [0.5, 0.6) is 0 Å². The van der Waals surface area contributed by atoms with Gasteiger partial charge >= 0.3 is 0 Å². The van der Waals surface area contributed by atoms with Gasteiger partial charge in [-0.25, -0.2) is 0 Å². The largest absolute Gasteiger partial charge is 0.347 e. The number of amides is 2. The Labute approximate surface area is 132 Å². The molecule has 1 unspecified atom stereocenters. The fourth-order valence-electron chi connectivity index (χ4n) is 1.66. The number of hydrogen-bond donors (Lipinski definition) is 3. The predicted molar refractivity (Wildman–Crippen MR) is 87.8 cm³/mol. The van der Waals surface area contributed by atoms with Crippen molar-refractivity contribution in [1.29, 1.82) is 0 Å². The van der Waals surface area contributed by atoms with Crippen LogP contribution in [0.1, 0.15) is 44.5 Å². The van der Waals surface area contributed by atoms with Gasteiger partial charge in [-0.3, -0.25) is 9.59 Å². The van der Waals surface area contributed by atoms with Crippen molar-refractivity contribution in [2.45, 2.75) is 45.7 Å². The van der Waals surface area contributed by atoms with Gasteiger partial charge in [0.2, 0.25) is 5.91 Å². The molecule has 5 nitrogen and oxygen atoms in total. The standard InChI is InChI=1S/C15H23N3O2.ClH/c1-10(16)8-13(19)17-12-7-5-6-11(9-12)14(20)18-15(2,3)4;/h5-7,9-10H,8,16H2,1-4H3,(H,17,19)(H,18,20);1H. The third-order valence-electron chi connectivity index (χ3n) is 2.40. The summed E-state index contributed by atoms with van der Waals surface area (Å²) in [4.78, 5) is 23.7. The minimum absolute atomic E-state index is 0. The zero-order valence-corrected chi connectivity index (χ0v) is 13.7.